The van der Waals surface area contributed by atoms with Gasteiger partial charge in [-0.1, -0.05) is 18.2 Å². The van der Waals surface area contributed by atoms with Gasteiger partial charge in [-0.05, 0) is 35.9 Å². The van der Waals surface area contributed by atoms with Crippen molar-refractivity contribution in [2.75, 3.05) is 0 Å². The minimum absolute atomic E-state index is 0.0247. The first-order valence-electron chi connectivity index (χ1n) is 6.45. The number of alkyl halides is 1. The van der Waals surface area contributed by atoms with Crippen molar-refractivity contribution in [2.45, 2.75) is 11.1 Å². The number of halogens is 3. The maximum atomic E-state index is 14.0. The molecule has 8 heteroatoms. The van der Waals surface area contributed by atoms with Crippen LogP contribution < -0.4 is 4.74 Å². The zero-order valence-electron chi connectivity index (χ0n) is 11.3. The first-order valence-corrected chi connectivity index (χ1v) is 6.83. The zero-order chi connectivity index (χ0) is 16.8. The standard InChI is InChI=1S/C15H8ClF2NO4/c16-15(19(21)22)13(20)8-4-1-2-7-11(8)23-14(15)12-9(17)5-3-6-10(12)18/h1-7,14H/t14-,15+/m1/s1. The fourth-order valence-corrected chi connectivity index (χ4v) is 2.72. The Morgan fingerprint density at radius 1 is 1.13 bits per heavy atom. The van der Waals surface area contributed by atoms with E-state index in [1.165, 1.54) is 24.3 Å². The average molecular weight is 340 g/mol. The number of fused-ring (bicyclic) bond motifs is 1. The molecular weight excluding hydrogens is 332 g/mol. The predicted octanol–water partition coefficient (Wildman–Crippen LogP) is 3.49. The summed E-state index contributed by atoms with van der Waals surface area (Å²) in [7, 11) is 0. The van der Waals surface area contributed by atoms with Gasteiger partial charge in [0.25, 0.3) is 5.78 Å². The molecule has 1 aliphatic heterocycles. The van der Waals surface area contributed by atoms with Gasteiger partial charge in [-0.2, -0.15) is 0 Å². The number of carbonyl (C=O) groups excluding carboxylic acids is 1. The van der Waals surface area contributed by atoms with Crippen LogP contribution in [0, 0.1) is 21.7 Å². The summed E-state index contributed by atoms with van der Waals surface area (Å²) in [6.45, 7) is 0. The monoisotopic (exact) mass is 339 g/mol. The molecule has 0 N–H and O–H groups in total. The molecule has 0 fully saturated rings. The van der Waals surface area contributed by atoms with E-state index < -0.39 is 39.0 Å². The van der Waals surface area contributed by atoms with E-state index in [-0.39, 0.29) is 11.3 Å². The van der Waals surface area contributed by atoms with Gasteiger partial charge in [0.05, 0.1) is 16.1 Å². The van der Waals surface area contributed by atoms with Gasteiger partial charge in [-0.3, -0.25) is 14.9 Å². The molecule has 1 heterocycles. The summed E-state index contributed by atoms with van der Waals surface area (Å²) < 4.78 is 33.4. The van der Waals surface area contributed by atoms with Crippen LogP contribution >= 0.6 is 11.6 Å². The van der Waals surface area contributed by atoms with Crippen molar-refractivity contribution in [3.8, 4) is 5.75 Å². The summed E-state index contributed by atoms with van der Waals surface area (Å²) in [5.41, 5.74) is -0.880. The van der Waals surface area contributed by atoms with Gasteiger partial charge in [-0.15, -0.1) is 0 Å². The lowest BCUT2D eigenvalue weighted by molar-refractivity contribution is -0.536. The van der Waals surface area contributed by atoms with Gasteiger partial charge in [-0.25, -0.2) is 8.78 Å². The van der Waals surface area contributed by atoms with E-state index in [4.69, 9.17) is 16.3 Å². The van der Waals surface area contributed by atoms with Crippen molar-refractivity contribution in [1.29, 1.82) is 0 Å². The van der Waals surface area contributed by atoms with Gasteiger partial charge in [0, 0.05) is 0 Å². The van der Waals surface area contributed by atoms with E-state index in [0.717, 1.165) is 18.2 Å². The van der Waals surface area contributed by atoms with Crippen LogP contribution in [0.3, 0.4) is 0 Å². The van der Waals surface area contributed by atoms with Crippen molar-refractivity contribution < 1.29 is 23.2 Å². The molecule has 0 bridgehead atoms. The van der Waals surface area contributed by atoms with Crippen LogP contribution in [0.1, 0.15) is 22.0 Å². The van der Waals surface area contributed by atoms with Crippen LogP contribution in [0.2, 0.25) is 0 Å². The summed E-state index contributed by atoms with van der Waals surface area (Å²) in [4.78, 5) is 20.0. The molecule has 3 rings (SSSR count). The summed E-state index contributed by atoms with van der Waals surface area (Å²) in [6, 6.07) is 8.57. The third-order valence-electron chi connectivity index (χ3n) is 3.57. The fourth-order valence-electron chi connectivity index (χ4n) is 2.46. The minimum Gasteiger partial charge on any atom is -0.475 e. The number of benzene rings is 2. The highest BCUT2D eigenvalue weighted by molar-refractivity contribution is 6.37. The smallest absolute Gasteiger partial charge is 0.397 e. The van der Waals surface area contributed by atoms with Crippen LogP contribution in [-0.4, -0.2) is 15.7 Å². The molecule has 0 aromatic heterocycles. The summed E-state index contributed by atoms with van der Waals surface area (Å²) in [5.74, 6) is -3.29. The Morgan fingerprint density at radius 3 is 2.35 bits per heavy atom. The maximum absolute atomic E-state index is 14.0. The lowest BCUT2D eigenvalue weighted by Crippen LogP contribution is -2.51. The van der Waals surface area contributed by atoms with Crippen LogP contribution in [0.25, 0.3) is 0 Å². The summed E-state index contributed by atoms with van der Waals surface area (Å²) >= 11 is 5.93. The summed E-state index contributed by atoms with van der Waals surface area (Å²) in [5, 5.41) is 11.4. The highest BCUT2D eigenvalue weighted by atomic mass is 35.5. The molecule has 0 radical (unpaired) electrons. The van der Waals surface area contributed by atoms with Crippen molar-refractivity contribution in [3.05, 3.63) is 75.3 Å². The molecule has 2 atom stereocenters. The van der Waals surface area contributed by atoms with Gasteiger partial charge >= 0.3 is 5.00 Å². The molecular formula is C15H8ClF2NO4. The second kappa shape index (κ2) is 5.27. The minimum atomic E-state index is -2.86. The number of ether oxygens (including phenoxy) is 1. The first kappa shape index (κ1) is 15.4. The van der Waals surface area contributed by atoms with E-state index in [9.17, 15) is 23.7 Å². The molecule has 23 heavy (non-hydrogen) atoms. The van der Waals surface area contributed by atoms with Gasteiger partial charge < -0.3 is 4.74 Å². The number of hydrogen-bond donors (Lipinski definition) is 0. The lowest BCUT2D eigenvalue weighted by Gasteiger charge is -2.32. The van der Waals surface area contributed by atoms with Crippen LogP contribution in [-0.2, 0) is 0 Å². The Bertz CT molecular complexity index is 809. The van der Waals surface area contributed by atoms with Crippen molar-refractivity contribution >= 4 is 17.4 Å². The Hall–Kier alpha value is -2.54. The SMILES string of the molecule is O=C1c2ccccc2O[C@H](c2c(F)cccc2F)[C@@]1(Cl)[N+](=O)[O-]. The van der Waals surface area contributed by atoms with E-state index in [1.807, 2.05) is 0 Å². The number of ketones is 1. The molecule has 0 saturated heterocycles. The van der Waals surface area contributed by atoms with E-state index in [2.05, 4.69) is 0 Å². The molecule has 2 aromatic rings. The maximum Gasteiger partial charge on any atom is 0.397 e. The van der Waals surface area contributed by atoms with Crippen molar-refractivity contribution in [3.63, 3.8) is 0 Å². The normalized spacial score (nSPS) is 23.1. The van der Waals surface area contributed by atoms with Crippen LogP contribution in [0.5, 0.6) is 5.75 Å². The molecule has 0 spiro atoms. The molecule has 0 unspecified atom stereocenters. The van der Waals surface area contributed by atoms with Gasteiger partial charge in [0.15, 0.2) is 0 Å². The van der Waals surface area contributed by atoms with Crippen LogP contribution in [0.4, 0.5) is 8.78 Å². The number of hydrogen-bond acceptors (Lipinski definition) is 4. The van der Waals surface area contributed by atoms with Crippen molar-refractivity contribution in [2.24, 2.45) is 0 Å². The Labute approximate surface area is 133 Å². The lowest BCUT2D eigenvalue weighted by atomic mass is 9.90. The molecule has 5 nitrogen and oxygen atoms in total. The largest absolute Gasteiger partial charge is 0.475 e. The molecule has 0 amide bonds. The van der Waals surface area contributed by atoms with E-state index in [1.54, 1.807) is 0 Å². The highest BCUT2D eigenvalue weighted by Gasteiger charge is 2.63. The average Bonchev–Trinajstić information content (AvgIpc) is 2.51. The zero-order valence-corrected chi connectivity index (χ0v) is 12.1. The second-order valence-corrected chi connectivity index (χ2v) is 5.47. The molecule has 0 aliphatic carbocycles. The second-order valence-electron chi connectivity index (χ2n) is 4.89. The van der Waals surface area contributed by atoms with Gasteiger partial charge in [0.1, 0.15) is 17.4 Å². The van der Waals surface area contributed by atoms with Crippen LogP contribution in [0.15, 0.2) is 42.5 Å². The van der Waals surface area contributed by atoms with E-state index >= 15 is 0 Å². The molecule has 0 saturated carbocycles. The molecule has 2 aromatic carbocycles. The predicted molar refractivity (Wildman–Crippen MR) is 76.1 cm³/mol. The third-order valence-corrected chi connectivity index (χ3v) is 4.08. The Morgan fingerprint density at radius 2 is 1.74 bits per heavy atom. The number of Topliss-reactive ketones (excluding diaryl/α,β-unsaturated/α-hetero) is 1. The summed E-state index contributed by atoms with van der Waals surface area (Å²) in [6.07, 6.45) is -1.94. The molecule has 118 valence electrons. The highest BCUT2D eigenvalue weighted by Crippen LogP contribution is 2.46. The van der Waals surface area contributed by atoms with Crippen molar-refractivity contribution in [1.82, 2.24) is 0 Å². The van der Waals surface area contributed by atoms with Gasteiger partial charge in [0.2, 0.25) is 6.10 Å². The van der Waals surface area contributed by atoms with E-state index in [0.29, 0.717) is 0 Å². The number of nitro groups is 1. The quantitative estimate of drug-likeness (QED) is 0.363. The Kier molecular flexibility index (Phi) is 3.52. The third kappa shape index (κ3) is 2.16. The number of nitrogens with zero attached hydrogens (tertiary/aromatic N) is 1. The number of carbonyl (C=O) groups is 1. The number of para-hydroxylation sites is 1. The Balaban J connectivity index is 2.27. The topological polar surface area (TPSA) is 69.4 Å². The fraction of sp³-hybridized carbons (Fsp3) is 0.133. The first-order chi connectivity index (χ1) is 10.9. The molecule has 1 aliphatic rings. The number of rotatable bonds is 2.